The average molecular weight is 147 g/mol. The summed E-state index contributed by atoms with van der Waals surface area (Å²) in [6.45, 7) is 2.39. The normalized spacial score (nSPS) is 13.0. The van der Waals surface area contributed by atoms with Crippen LogP contribution in [0.25, 0.3) is 0 Å². The highest BCUT2D eigenvalue weighted by atomic mass is 16.5. The van der Waals surface area contributed by atoms with Gasteiger partial charge in [0.2, 0.25) is 0 Å². The maximum atomic E-state index is 10.0. The molecule has 0 bridgehead atoms. The Labute approximate surface area is 60.2 Å². The molecule has 0 aromatic heterocycles. The zero-order valence-corrected chi connectivity index (χ0v) is 6.26. The molecule has 0 rings (SSSR count). The number of ether oxygens (including phenoxy) is 1. The first-order valence-corrected chi connectivity index (χ1v) is 3.11. The first-order valence-electron chi connectivity index (χ1n) is 3.11. The largest absolute Gasteiger partial charge is 0.480 e. The summed E-state index contributed by atoms with van der Waals surface area (Å²) in [6.07, 6.45) is 0. The number of carbonyl (C=O) groups is 1. The predicted octanol–water partition coefficient (Wildman–Crippen LogP) is -0.305. The number of hydrogen-bond acceptors (Lipinski definition) is 3. The van der Waals surface area contributed by atoms with Gasteiger partial charge in [-0.3, -0.25) is 4.79 Å². The molecule has 4 nitrogen and oxygen atoms in total. The number of nitrogens with one attached hydrogen (secondary N) is 1. The van der Waals surface area contributed by atoms with Crippen LogP contribution in [-0.4, -0.2) is 37.4 Å². The lowest BCUT2D eigenvalue weighted by Gasteiger charge is -2.09. The van der Waals surface area contributed by atoms with E-state index in [0.29, 0.717) is 6.61 Å². The molecule has 0 saturated heterocycles. The smallest absolute Gasteiger partial charge is 0.317 e. The van der Waals surface area contributed by atoms with Crippen LogP contribution in [0.4, 0.5) is 0 Å². The molecule has 0 unspecified atom stereocenters. The van der Waals surface area contributed by atoms with E-state index in [2.05, 4.69) is 5.32 Å². The van der Waals surface area contributed by atoms with Crippen LogP contribution in [-0.2, 0) is 9.53 Å². The van der Waals surface area contributed by atoms with Gasteiger partial charge in [0.15, 0.2) is 0 Å². The van der Waals surface area contributed by atoms with Crippen molar-refractivity contribution in [3.8, 4) is 0 Å². The number of methoxy groups -OCH3 is 1. The second kappa shape index (κ2) is 5.20. The summed E-state index contributed by atoms with van der Waals surface area (Å²) in [5.41, 5.74) is 0. The summed E-state index contributed by atoms with van der Waals surface area (Å²) < 4.78 is 4.78. The number of carboxylic acids is 1. The van der Waals surface area contributed by atoms with Crippen molar-refractivity contribution in [1.29, 1.82) is 0 Å². The van der Waals surface area contributed by atoms with Gasteiger partial charge in [-0.2, -0.15) is 0 Å². The van der Waals surface area contributed by atoms with Crippen molar-refractivity contribution in [2.75, 3.05) is 20.3 Å². The van der Waals surface area contributed by atoms with E-state index in [4.69, 9.17) is 9.84 Å². The third-order valence-electron chi connectivity index (χ3n) is 1.02. The van der Waals surface area contributed by atoms with Crippen molar-refractivity contribution in [2.45, 2.75) is 13.0 Å². The molecule has 0 aromatic rings. The molecule has 0 aromatic carbocycles. The molecule has 10 heavy (non-hydrogen) atoms. The van der Waals surface area contributed by atoms with Gasteiger partial charge >= 0.3 is 5.97 Å². The van der Waals surface area contributed by atoms with Gasteiger partial charge in [-0.15, -0.1) is 0 Å². The fourth-order valence-electron chi connectivity index (χ4n) is 0.570. The third-order valence-corrected chi connectivity index (χ3v) is 1.02. The highest BCUT2D eigenvalue weighted by molar-refractivity contribution is 5.69. The van der Waals surface area contributed by atoms with Crippen molar-refractivity contribution in [3.05, 3.63) is 0 Å². The summed E-state index contributed by atoms with van der Waals surface area (Å²) >= 11 is 0. The second-order valence-corrected chi connectivity index (χ2v) is 2.13. The van der Waals surface area contributed by atoms with E-state index < -0.39 is 5.97 Å². The van der Waals surface area contributed by atoms with E-state index in [0.717, 1.165) is 0 Å². The summed E-state index contributed by atoms with van der Waals surface area (Å²) in [6, 6.07) is 0.0982. The highest BCUT2D eigenvalue weighted by Gasteiger charge is 2.01. The minimum atomic E-state index is -0.844. The molecule has 0 aliphatic heterocycles. The van der Waals surface area contributed by atoms with Gasteiger partial charge in [-0.05, 0) is 6.92 Å². The second-order valence-electron chi connectivity index (χ2n) is 2.13. The van der Waals surface area contributed by atoms with Gasteiger partial charge in [0.05, 0.1) is 13.2 Å². The number of carboxylic acid groups (broad SMARTS) is 1. The lowest BCUT2D eigenvalue weighted by atomic mass is 10.3. The van der Waals surface area contributed by atoms with Crippen molar-refractivity contribution in [3.63, 3.8) is 0 Å². The van der Waals surface area contributed by atoms with Crippen molar-refractivity contribution in [2.24, 2.45) is 0 Å². The Hall–Kier alpha value is -0.610. The van der Waals surface area contributed by atoms with Gasteiger partial charge in [0.25, 0.3) is 0 Å². The highest BCUT2D eigenvalue weighted by Crippen LogP contribution is 1.79. The molecule has 2 N–H and O–H groups in total. The van der Waals surface area contributed by atoms with Gasteiger partial charge in [0, 0.05) is 13.2 Å². The zero-order valence-electron chi connectivity index (χ0n) is 6.26. The van der Waals surface area contributed by atoms with Crippen molar-refractivity contribution < 1.29 is 14.6 Å². The quantitative estimate of drug-likeness (QED) is 0.560. The van der Waals surface area contributed by atoms with Crippen molar-refractivity contribution >= 4 is 5.97 Å². The number of aliphatic carboxylic acids is 1. The molecule has 0 saturated carbocycles. The minimum Gasteiger partial charge on any atom is -0.480 e. The van der Waals surface area contributed by atoms with E-state index >= 15 is 0 Å². The van der Waals surface area contributed by atoms with Crippen LogP contribution < -0.4 is 5.32 Å². The summed E-state index contributed by atoms with van der Waals surface area (Å²) in [7, 11) is 1.58. The molecule has 0 radical (unpaired) electrons. The maximum absolute atomic E-state index is 10.0. The molecular weight excluding hydrogens is 134 g/mol. The first-order chi connectivity index (χ1) is 4.66. The maximum Gasteiger partial charge on any atom is 0.317 e. The third kappa shape index (κ3) is 5.53. The first kappa shape index (κ1) is 9.39. The molecule has 0 aliphatic rings. The Morgan fingerprint density at radius 1 is 1.80 bits per heavy atom. The fraction of sp³-hybridized carbons (Fsp3) is 0.833. The van der Waals surface area contributed by atoms with E-state index in [1.54, 1.807) is 7.11 Å². The van der Waals surface area contributed by atoms with Crippen LogP contribution in [0.1, 0.15) is 6.92 Å². The van der Waals surface area contributed by atoms with Gasteiger partial charge in [-0.25, -0.2) is 0 Å². The Morgan fingerprint density at radius 3 is 2.80 bits per heavy atom. The van der Waals surface area contributed by atoms with Crippen LogP contribution in [0, 0.1) is 0 Å². The standard InChI is InChI=1S/C6H13NO3/c1-5(4-10-2)7-3-6(8)9/h5,7H,3-4H2,1-2H3,(H,8,9)/t5-/m0/s1. The summed E-state index contributed by atoms with van der Waals surface area (Å²) in [5, 5.41) is 11.0. The average Bonchev–Trinajstić information content (AvgIpc) is 1.85. The Morgan fingerprint density at radius 2 is 2.40 bits per heavy atom. The van der Waals surface area contributed by atoms with Crippen LogP contribution in [0.15, 0.2) is 0 Å². The van der Waals surface area contributed by atoms with Gasteiger partial charge in [-0.1, -0.05) is 0 Å². The minimum absolute atomic E-state index is 0.00940. The Balaban J connectivity index is 3.21. The van der Waals surface area contributed by atoms with Crippen LogP contribution in [0.2, 0.25) is 0 Å². The molecule has 60 valence electrons. The number of rotatable bonds is 5. The topological polar surface area (TPSA) is 58.6 Å². The summed E-state index contributed by atoms with van der Waals surface area (Å²) in [5.74, 6) is -0.844. The van der Waals surface area contributed by atoms with Crippen molar-refractivity contribution in [1.82, 2.24) is 5.32 Å². The fourth-order valence-corrected chi connectivity index (χ4v) is 0.570. The zero-order chi connectivity index (χ0) is 7.98. The molecule has 0 fully saturated rings. The van der Waals surface area contributed by atoms with Crippen LogP contribution in [0.5, 0.6) is 0 Å². The molecule has 0 spiro atoms. The molecule has 4 heteroatoms. The SMILES string of the molecule is COC[C@H](C)NCC(=O)O. The summed E-state index contributed by atoms with van der Waals surface area (Å²) in [4.78, 5) is 10.0. The van der Waals surface area contributed by atoms with Gasteiger partial charge < -0.3 is 15.2 Å². The molecule has 0 amide bonds. The monoisotopic (exact) mass is 147 g/mol. The van der Waals surface area contributed by atoms with E-state index in [-0.39, 0.29) is 12.6 Å². The van der Waals surface area contributed by atoms with E-state index in [1.807, 2.05) is 6.92 Å². The van der Waals surface area contributed by atoms with E-state index in [1.165, 1.54) is 0 Å². The lowest BCUT2D eigenvalue weighted by Crippen LogP contribution is -2.34. The number of hydrogen-bond donors (Lipinski definition) is 2. The lowest BCUT2D eigenvalue weighted by molar-refractivity contribution is -0.136. The van der Waals surface area contributed by atoms with Crippen LogP contribution in [0.3, 0.4) is 0 Å². The van der Waals surface area contributed by atoms with Gasteiger partial charge in [0.1, 0.15) is 0 Å². The van der Waals surface area contributed by atoms with E-state index in [9.17, 15) is 4.79 Å². The Kier molecular flexibility index (Phi) is 4.88. The molecule has 1 atom stereocenters. The molecular formula is C6H13NO3. The molecule has 0 aliphatic carbocycles. The van der Waals surface area contributed by atoms with Crippen LogP contribution >= 0.6 is 0 Å². The Bertz CT molecular complexity index is 105. The predicted molar refractivity (Wildman–Crippen MR) is 37.0 cm³/mol. The molecule has 0 heterocycles.